The SMILES string of the molecule is CCCCOCCOCCOCCOCCCC(=O)CC. The van der Waals surface area contributed by atoms with Crippen molar-refractivity contribution in [2.24, 2.45) is 0 Å². The van der Waals surface area contributed by atoms with Crippen LogP contribution in [0.15, 0.2) is 0 Å². The lowest BCUT2D eigenvalue weighted by molar-refractivity contribution is -0.119. The van der Waals surface area contributed by atoms with Gasteiger partial charge in [-0.1, -0.05) is 20.3 Å². The van der Waals surface area contributed by atoms with Crippen molar-refractivity contribution in [2.45, 2.75) is 46.0 Å². The van der Waals surface area contributed by atoms with Gasteiger partial charge in [-0.05, 0) is 12.8 Å². The summed E-state index contributed by atoms with van der Waals surface area (Å²) in [4.78, 5) is 11.0. The van der Waals surface area contributed by atoms with Gasteiger partial charge in [0.25, 0.3) is 0 Å². The summed E-state index contributed by atoms with van der Waals surface area (Å²) in [5.74, 6) is 0.297. The molecule has 0 aromatic heterocycles. The molecular weight excluding hydrogens is 272 g/mol. The first kappa shape index (κ1) is 20.5. The summed E-state index contributed by atoms with van der Waals surface area (Å²) in [7, 11) is 0. The Morgan fingerprint density at radius 3 is 1.52 bits per heavy atom. The molecule has 0 bridgehead atoms. The van der Waals surface area contributed by atoms with Crippen LogP contribution in [-0.2, 0) is 23.7 Å². The smallest absolute Gasteiger partial charge is 0.132 e. The molecule has 0 N–H and O–H groups in total. The molecule has 0 atom stereocenters. The minimum absolute atomic E-state index is 0.297. The molecule has 126 valence electrons. The Labute approximate surface area is 129 Å². The number of ketones is 1. The van der Waals surface area contributed by atoms with Gasteiger partial charge in [-0.15, -0.1) is 0 Å². The van der Waals surface area contributed by atoms with Crippen LogP contribution in [0.2, 0.25) is 0 Å². The minimum Gasteiger partial charge on any atom is -0.379 e. The van der Waals surface area contributed by atoms with E-state index in [2.05, 4.69) is 6.92 Å². The molecule has 0 rings (SSSR count). The highest BCUT2D eigenvalue weighted by Gasteiger charge is 1.97. The molecule has 0 fully saturated rings. The van der Waals surface area contributed by atoms with Gasteiger partial charge in [-0.2, -0.15) is 0 Å². The molecule has 0 aliphatic rings. The third-order valence-electron chi connectivity index (χ3n) is 2.90. The average Bonchev–Trinajstić information content (AvgIpc) is 2.50. The summed E-state index contributed by atoms with van der Waals surface area (Å²) in [5, 5.41) is 0. The van der Waals surface area contributed by atoms with Crippen molar-refractivity contribution in [2.75, 3.05) is 52.9 Å². The Kier molecular flexibility index (Phi) is 17.2. The lowest BCUT2D eigenvalue weighted by Gasteiger charge is -2.07. The number of ether oxygens (including phenoxy) is 4. The van der Waals surface area contributed by atoms with Crippen molar-refractivity contribution >= 4 is 5.78 Å². The molecule has 0 saturated carbocycles. The number of carbonyl (C=O) groups is 1. The van der Waals surface area contributed by atoms with E-state index in [0.717, 1.165) is 25.9 Å². The normalized spacial score (nSPS) is 11.0. The third kappa shape index (κ3) is 17.5. The van der Waals surface area contributed by atoms with E-state index in [0.29, 0.717) is 64.9 Å². The highest BCUT2D eigenvalue weighted by Crippen LogP contribution is 1.95. The molecule has 0 spiro atoms. The van der Waals surface area contributed by atoms with Crippen molar-refractivity contribution in [1.82, 2.24) is 0 Å². The molecule has 0 heterocycles. The summed E-state index contributed by atoms with van der Waals surface area (Å²) in [6, 6.07) is 0. The van der Waals surface area contributed by atoms with Crippen molar-refractivity contribution in [1.29, 1.82) is 0 Å². The molecule has 5 heteroatoms. The van der Waals surface area contributed by atoms with Crippen molar-refractivity contribution in [3.8, 4) is 0 Å². The first-order chi connectivity index (χ1) is 10.3. The number of hydrogen-bond donors (Lipinski definition) is 0. The predicted octanol–water partition coefficient (Wildman–Crippen LogP) is 2.61. The van der Waals surface area contributed by atoms with Crippen LogP contribution in [-0.4, -0.2) is 58.6 Å². The molecule has 0 aliphatic carbocycles. The van der Waals surface area contributed by atoms with Crippen LogP contribution in [0, 0.1) is 0 Å². The van der Waals surface area contributed by atoms with Gasteiger partial charge in [-0.3, -0.25) is 4.79 Å². The fourth-order valence-corrected chi connectivity index (χ4v) is 1.56. The molecule has 0 aliphatic heterocycles. The highest BCUT2D eigenvalue weighted by atomic mass is 16.6. The Hall–Kier alpha value is -0.490. The van der Waals surface area contributed by atoms with Crippen molar-refractivity contribution < 1.29 is 23.7 Å². The van der Waals surface area contributed by atoms with Crippen LogP contribution in [0.25, 0.3) is 0 Å². The summed E-state index contributed by atoms with van der Waals surface area (Å²) in [6.45, 7) is 9.04. The maximum absolute atomic E-state index is 11.0. The first-order valence-corrected chi connectivity index (χ1v) is 8.13. The standard InChI is InChI=1S/C16H32O5/c1-3-5-8-18-10-12-20-14-15-21-13-11-19-9-6-7-16(17)4-2/h3-15H2,1-2H3. The summed E-state index contributed by atoms with van der Waals surface area (Å²) in [6.07, 6.45) is 4.30. The van der Waals surface area contributed by atoms with E-state index in [1.807, 2.05) is 6.92 Å². The summed E-state index contributed by atoms with van der Waals surface area (Å²) >= 11 is 0. The quantitative estimate of drug-likeness (QED) is 0.387. The fraction of sp³-hybridized carbons (Fsp3) is 0.938. The van der Waals surface area contributed by atoms with Gasteiger partial charge in [0.1, 0.15) is 5.78 Å². The van der Waals surface area contributed by atoms with E-state index >= 15 is 0 Å². The molecule has 0 saturated heterocycles. The average molecular weight is 304 g/mol. The summed E-state index contributed by atoms with van der Waals surface area (Å²) < 4.78 is 21.5. The number of hydrogen-bond acceptors (Lipinski definition) is 5. The van der Waals surface area contributed by atoms with E-state index in [-0.39, 0.29) is 0 Å². The highest BCUT2D eigenvalue weighted by molar-refractivity contribution is 5.77. The maximum Gasteiger partial charge on any atom is 0.132 e. The number of rotatable bonds is 17. The Bertz CT molecular complexity index is 221. The molecule has 0 radical (unpaired) electrons. The van der Waals surface area contributed by atoms with Crippen LogP contribution >= 0.6 is 0 Å². The monoisotopic (exact) mass is 304 g/mol. The lowest BCUT2D eigenvalue weighted by Crippen LogP contribution is -2.12. The second kappa shape index (κ2) is 17.6. The van der Waals surface area contributed by atoms with Gasteiger partial charge in [-0.25, -0.2) is 0 Å². The molecule has 0 aromatic rings. The molecule has 0 amide bonds. The molecule has 5 nitrogen and oxygen atoms in total. The van der Waals surface area contributed by atoms with Gasteiger partial charge in [0.2, 0.25) is 0 Å². The van der Waals surface area contributed by atoms with E-state index < -0.39 is 0 Å². The third-order valence-corrected chi connectivity index (χ3v) is 2.90. The van der Waals surface area contributed by atoms with E-state index in [1.54, 1.807) is 0 Å². The number of Topliss-reactive ketones (excluding diaryl/α,β-unsaturated/α-hetero) is 1. The minimum atomic E-state index is 0.297. The number of unbranched alkanes of at least 4 members (excludes halogenated alkanes) is 1. The van der Waals surface area contributed by atoms with E-state index in [1.165, 1.54) is 0 Å². The van der Waals surface area contributed by atoms with Gasteiger partial charge in [0.15, 0.2) is 0 Å². The lowest BCUT2D eigenvalue weighted by atomic mass is 10.2. The van der Waals surface area contributed by atoms with E-state index in [9.17, 15) is 4.79 Å². The zero-order valence-electron chi connectivity index (χ0n) is 13.7. The number of carbonyl (C=O) groups excluding carboxylic acids is 1. The molecule has 21 heavy (non-hydrogen) atoms. The van der Waals surface area contributed by atoms with Crippen molar-refractivity contribution in [3.05, 3.63) is 0 Å². The predicted molar refractivity (Wildman–Crippen MR) is 82.7 cm³/mol. The summed E-state index contributed by atoms with van der Waals surface area (Å²) in [5.41, 5.74) is 0. The molecule has 0 unspecified atom stereocenters. The largest absolute Gasteiger partial charge is 0.379 e. The van der Waals surface area contributed by atoms with Gasteiger partial charge >= 0.3 is 0 Å². The molecule has 0 aromatic carbocycles. The van der Waals surface area contributed by atoms with Crippen LogP contribution < -0.4 is 0 Å². The zero-order chi connectivity index (χ0) is 15.6. The van der Waals surface area contributed by atoms with Crippen molar-refractivity contribution in [3.63, 3.8) is 0 Å². The topological polar surface area (TPSA) is 54.0 Å². The maximum atomic E-state index is 11.0. The van der Waals surface area contributed by atoms with Crippen LogP contribution in [0.3, 0.4) is 0 Å². The van der Waals surface area contributed by atoms with Gasteiger partial charge in [0.05, 0.1) is 39.6 Å². The second-order valence-corrected chi connectivity index (χ2v) is 4.80. The first-order valence-electron chi connectivity index (χ1n) is 8.13. The van der Waals surface area contributed by atoms with E-state index in [4.69, 9.17) is 18.9 Å². The fourth-order valence-electron chi connectivity index (χ4n) is 1.56. The Morgan fingerprint density at radius 2 is 1.10 bits per heavy atom. The van der Waals surface area contributed by atoms with Crippen LogP contribution in [0.5, 0.6) is 0 Å². The van der Waals surface area contributed by atoms with Crippen LogP contribution in [0.1, 0.15) is 46.0 Å². The molecular formula is C16H32O5. The van der Waals surface area contributed by atoms with Gasteiger partial charge in [0, 0.05) is 26.1 Å². The second-order valence-electron chi connectivity index (χ2n) is 4.80. The van der Waals surface area contributed by atoms with Crippen LogP contribution in [0.4, 0.5) is 0 Å². The Balaban J connectivity index is 2.98. The Morgan fingerprint density at radius 1 is 0.667 bits per heavy atom. The zero-order valence-corrected chi connectivity index (χ0v) is 13.7. The van der Waals surface area contributed by atoms with Gasteiger partial charge < -0.3 is 18.9 Å².